The smallest absolute Gasteiger partial charge is 0.237 e. The molecule has 1 unspecified atom stereocenters. The van der Waals surface area contributed by atoms with Crippen LogP contribution in [-0.2, 0) is 9.53 Å². The molecule has 3 N–H and O–H groups in total. The zero-order chi connectivity index (χ0) is 14.3. The van der Waals surface area contributed by atoms with E-state index in [0.717, 1.165) is 51.9 Å². The quantitative estimate of drug-likeness (QED) is 0.683. The fraction of sp³-hybridized carbons (Fsp3) is 0.929. The first-order chi connectivity index (χ1) is 9.01. The zero-order valence-corrected chi connectivity index (χ0v) is 12.6. The third kappa shape index (κ3) is 5.09. The van der Waals surface area contributed by atoms with Crippen molar-refractivity contribution in [1.82, 2.24) is 10.2 Å². The molecule has 0 spiro atoms. The standard InChI is InChI=1S/C14H29N3O2/c1-4-16-14(2,13(15)18)8-5-9-17-10-6-12(19-3)7-11-17/h12,16H,4-11H2,1-3H3,(H2,15,18). The first-order valence-corrected chi connectivity index (χ1v) is 7.32. The van der Waals surface area contributed by atoms with Crippen LogP contribution in [-0.4, -0.2) is 55.7 Å². The predicted molar refractivity (Wildman–Crippen MR) is 77.0 cm³/mol. The van der Waals surface area contributed by atoms with E-state index < -0.39 is 5.54 Å². The Morgan fingerprint density at radius 1 is 1.47 bits per heavy atom. The molecule has 5 heteroatoms. The second kappa shape index (κ2) is 7.82. The Morgan fingerprint density at radius 3 is 2.58 bits per heavy atom. The number of amides is 1. The summed E-state index contributed by atoms with van der Waals surface area (Å²) < 4.78 is 5.36. The molecule has 1 saturated heterocycles. The van der Waals surface area contributed by atoms with Crippen LogP contribution in [0.3, 0.4) is 0 Å². The number of nitrogens with one attached hydrogen (secondary N) is 1. The van der Waals surface area contributed by atoms with Crippen molar-refractivity contribution in [1.29, 1.82) is 0 Å². The normalized spacial score (nSPS) is 21.2. The maximum Gasteiger partial charge on any atom is 0.237 e. The van der Waals surface area contributed by atoms with E-state index in [2.05, 4.69) is 10.2 Å². The SMILES string of the molecule is CCNC(C)(CCCN1CCC(OC)CC1)C(N)=O. The number of carbonyl (C=O) groups is 1. The molecule has 0 bridgehead atoms. The number of methoxy groups -OCH3 is 1. The molecule has 0 radical (unpaired) electrons. The molecular weight excluding hydrogens is 242 g/mol. The van der Waals surface area contributed by atoms with E-state index in [1.54, 1.807) is 7.11 Å². The van der Waals surface area contributed by atoms with Crippen molar-refractivity contribution in [2.45, 2.75) is 51.2 Å². The number of piperidine rings is 1. The first kappa shape index (κ1) is 16.4. The number of primary amides is 1. The minimum Gasteiger partial charge on any atom is -0.381 e. The largest absolute Gasteiger partial charge is 0.381 e. The number of likely N-dealkylation sites (N-methyl/N-ethyl adjacent to an activating group) is 1. The number of nitrogens with zero attached hydrogens (tertiary/aromatic N) is 1. The van der Waals surface area contributed by atoms with Gasteiger partial charge in [0.15, 0.2) is 0 Å². The summed E-state index contributed by atoms with van der Waals surface area (Å²) in [5, 5.41) is 3.20. The monoisotopic (exact) mass is 271 g/mol. The number of carbonyl (C=O) groups excluding carboxylic acids is 1. The van der Waals surface area contributed by atoms with Gasteiger partial charge in [-0.3, -0.25) is 4.79 Å². The van der Waals surface area contributed by atoms with Crippen LogP contribution < -0.4 is 11.1 Å². The molecule has 1 atom stereocenters. The van der Waals surface area contributed by atoms with E-state index in [1.165, 1.54) is 0 Å². The number of rotatable bonds is 8. The highest BCUT2D eigenvalue weighted by Gasteiger charge is 2.29. The van der Waals surface area contributed by atoms with Crippen LogP contribution >= 0.6 is 0 Å². The molecule has 0 aliphatic carbocycles. The minimum absolute atomic E-state index is 0.257. The summed E-state index contributed by atoms with van der Waals surface area (Å²) >= 11 is 0. The van der Waals surface area contributed by atoms with Gasteiger partial charge in [-0.25, -0.2) is 0 Å². The third-order valence-corrected chi connectivity index (χ3v) is 4.13. The van der Waals surface area contributed by atoms with Gasteiger partial charge in [-0.2, -0.15) is 0 Å². The lowest BCUT2D eigenvalue weighted by atomic mass is 9.94. The lowest BCUT2D eigenvalue weighted by Crippen LogP contribution is -2.53. The third-order valence-electron chi connectivity index (χ3n) is 4.13. The van der Waals surface area contributed by atoms with Crippen molar-refractivity contribution >= 4 is 5.91 Å². The van der Waals surface area contributed by atoms with Crippen molar-refractivity contribution in [2.24, 2.45) is 5.73 Å². The number of likely N-dealkylation sites (tertiary alicyclic amines) is 1. The highest BCUT2D eigenvalue weighted by atomic mass is 16.5. The molecule has 1 fully saturated rings. The lowest BCUT2D eigenvalue weighted by molar-refractivity contribution is -0.124. The molecule has 0 aromatic rings. The number of nitrogens with two attached hydrogens (primary N) is 1. The Kier molecular flexibility index (Phi) is 6.75. The van der Waals surface area contributed by atoms with Crippen LogP contribution in [0, 0.1) is 0 Å². The number of hydrogen-bond acceptors (Lipinski definition) is 4. The second-order valence-corrected chi connectivity index (χ2v) is 5.61. The van der Waals surface area contributed by atoms with Crippen LogP contribution in [0.5, 0.6) is 0 Å². The molecular formula is C14H29N3O2. The molecule has 19 heavy (non-hydrogen) atoms. The van der Waals surface area contributed by atoms with Crippen LogP contribution in [0.15, 0.2) is 0 Å². The molecule has 112 valence electrons. The molecule has 0 aromatic heterocycles. The summed E-state index contributed by atoms with van der Waals surface area (Å²) in [5.41, 5.74) is 4.91. The van der Waals surface area contributed by atoms with Gasteiger partial charge in [-0.15, -0.1) is 0 Å². The van der Waals surface area contributed by atoms with E-state index in [0.29, 0.717) is 6.10 Å². The molecule has 0 aromatic carbocycles. The zero-order valence-electron chi connectivity index (χ0n) is 12.6. The van der Waals surface area contributed by atoms with Gasteiger partial charge >= 0.3 is 0 Å². The molecule has 1 aliphatic rings. The summed E-state index contributed by atoms with van der Waals surface area (Å²) in [6, 6.07) is 0. The highest BCUT2D eigenvalue weighted by Crippen LogP contribution is 2.16. The summed E-state index contributed by atoms with van der Waals surface area (Å²) in [4.78, 5) is 14.0. The molecule has 1 rings (SSSR count). The van der Waals surface area contributed by atoms with Crippen molar-refractivity contribution in [3.05, 3.63) is 0 Å². The molecule has 0 saturated carbocycles. The van der Waals surface area contributed by atoms with E-state index in [4.69, 9.17) is 10.5 Å². The van der Waals surface area contributed by atoms with Gasteiger partial charge in [0.25, 0.3) is 0 Å². The Labute approximate surface area is 116 Å². The Bertz CT molecular complexity index is 278. The summed E-state index contributed by atoms with van der Waals surface area (Å²) in [6.45, 7) is 7.87. The van der Waals surface area contributed by atoms with Crippen molar-refractivity contribution in [3.8, 4) is 0 Å². The van der Waals surface area contributed by atoms with Crippen LogP contribution in [0.1, 0.15) is 39.5 Å². The molecule has 1 aliphatic heterocycles. The fourth-order valence-corrected chi connectivity index (χ4v) is 2.71. The molecule has 5 nitrogen and oxygen atoms in total. The van der Waals surface area contributed by atoms with E-state index in [9.17, 15) is 4.79 Å². The van der Waals surface area contributed by atoms with Gasteiger partial charge in [-0.05, 0) is 45.7 Å². The number of ether oxygens (including phenoxy) is 1. The summed E-state index contributed by atoms with van der Waals surface area (Å²) in [7, 11) is 1.79. The maximum atomic E-state index is 11.5. The van der Waals surface area contributed by atoms with Gasteiger partial charge in [0.2, 0.25) is 5.91 Å². The van der Waals surface area contributed by atoms with Crippen LogP contribution in [0.4, 0.5) is 0 Å². The average molecular weight is 271 g/mol. The topological polar surface area (TPSA) is 67.6 Å². The maximum absolute atomic E-state index is 11.5. The van der Waals surface area contributed by atoms with Crippen LogP contribution in [0.2, 0.25) is 0 Å². The predicted octanol–water partition coefficient (Wildman–Crippen LogP) is 0.731. The van der Waals surface area contributed by atoms with Gasteiger partial charge < -0.3 is 20.7 Å². The summed E-state index contributed by atoms with van der Waals surface area (Å²) in [5.74, 6) is -0.257. The lowest BCUT2D eigenvalue weighted by Gasteiger charge is -2.32. The van der Waals surface area contributed by atoms with Crippen molar-refractivity contribution < 1.29 is 9.53 Å². The summed E-state index contributed by atoms with van der Waals surface area (Å²) in [6.07, 6.45) is 4.42. The average Bonchev–Trinajstić information content (AvgIpc) is 2.39. The van der Waals surface area contributed by atoms with Crippen molar-refractivity contribution in [2.75, 3.05) is 33.3 Å². The fourth-order valence-electron chi connectivity index (χ4n) is 2.71. The number of hydrogen-bond donors (Lipinski definition) is 2. The van der Waals surface area contributed by atoms with E-state index >= 15 is 0 Å². The molecule has 1 heterocycles. The van der Waals surface area contributed by atoms with E-state index in [1.807, 2.05) is 13.8 Å². The van der Waals surface area contributed by atoms with Gasteiger partial charge in [-0.1, -0.05) is 6.92 Å². The first-order valence-electron chi connectivity index (χ1n) is 7.32. The van der Waals surface area contributed by atoms with Gasteiger partial charge in [0, 0.05) is 20.2 Å². The Hall–Kier alpha value is -0.650. The van der Waals surface area contributed by atoms with Crippen molar-refractivity contribution in [3.63, 3.8) is 0 Å². The Morgan fingerprint density at radius 2 is 2.11 bits per heavy atom. The minimum atomic E-state index is -0.570. The van der Waals surface area contributed by atoms with Gasteiger partial charge in [0.05, 0.1) is 11.6 Å². The second-order valence-electron chi connectivity index (χ2n) is 5.61. The van der Waals surface area contributed by atoms with E-state index in [-0.39, 0.29) is 5.91 Å². The Balaban J connectivity index is 2.27. The molecule has 1 amide bonds. The van der Waals surface area contributed by atoms with Crippen LogP contribution in [0.25, 0.3) is 0 Å². The highest BCUT2D eigenvalue weighted by molar-refractivity contribution is 5.84. The van der Waals surface area contributed by atoms with Gasteiger partial charge in [0.1, 0.15) is 0 Å².